The second-order valence-electron chi connectivity index (χ2n) is 4.36. The minimum atomic E-state index is 0.0116. The molecular formula is C13H16ClN5O. The number of carbonyl (C=O) groups excluding carboxylic acids is 1. The molecule has 0 atom stereocenters. The number of carbonyl (C=O) groups is 1. The molecule has 1 amide bonds. The molecule has 106 valence electrons. The molecule has 0 unspecified atom stereocenters. The maximum Gasteiger partial charge on any atom is 0.220 e. The number of benzene rings is 1. The molecule has 0 fully saturated rings. The quantitative estimate of drug-likeness (QED) is 0.885. The van der Waals surface area contributed by atoms with Crippen molar-refractivity contribution >= 4 is 17.5 Å². The van der Waals surface area contributed by atoms with Crippen molar-refractivity contribution < 1.29 is 4.79 Å². The van der Waals surface area contributed by atoms with E-state index < -0.39 is 0 Å². The summed E-state index contributed by atoms with van der Waals surface area (Å²) >= 11 is 5.85. The van der Waals surface area contributed by atoms with E-state index in [2.05, 4.69) is 20.8 Å². The van der Waals surface area contributed by atoms with Gasteiger partial charge >= 0.3 is 0 Å². The van der Waals surface area contributed by atoms with E-state index in [-0.39, 0.29) is 5.91 Å². The van der Waals surface area contributed by atoms with Crippen LogP contribution in [0.3, 0.4) is 0 Å². The first-order chi connectivity index (χ1) is 9.70. The van der Waals surface area contributed by atoms with E-state index in [4.69, 9.17) is 11.6 Å². The van der Waals surface area contributed by atoms with Crippen molar-refractivity contribution in [1.29, 1.82) is 0 Å². The van der Waals surface area contributed by atoms with Crippen LogP contribution in [0, 0.1) is 0 Å². The fourth-order valence-corrected chi connectivity index (χ4v) is 1.83. The molecule has 0 aliphatic rings. The standard InChI is InChI=1S/C13H16ClN5O/c1-2-3-4-13(20)15-9-12-16-17-18-19(12)11-7-5-10(14)6-8-11/h5-8H,2-4,9H2,1H3,(H,15,20). The van der Waals surface area contributed by atoms with Crippen LogP contribution in [0.1, 0.15) is 32.0 Å². The van der Waals surface area contributed by atoms with Crippen LogP contribution in [0.2, 0.25) is 5.02 Å². The van der Waals surface area contributed by atoms with Gasteiger partial charge in [0.15, 0.2) is 5.82 Å². The maximum absolute atomic E-state index is 11.6. The number of rotatable bonds is 6. The molecule has 1 heterocycles. The zero-order valence-corrected chi connectivity index (χ0v) is 12.0. The third kappa shape index (κ3) is 3.77. The Bertz CT molecular complexity index is 566. The van der Waals surface area contributed by atoms with Gasteiger partial charge in [0.2, 0.25) is 5.91 Å². The Kier molecular flexibility index (Phi) is 5.06. The van der Waals surface area contributed by atoms with Gasteiger partial charge in [0.1, 0.15) is 0 Å². The highest BCUT2D eigenvalue weighted by atomic mass is 35.5. The van der Waals surface area contributed by atoms with Crippen LogP contribution in [0.4, 0.5) is 0 Å². The summed E-state index contributed by atoms with van der Waals surface area (Å²) < 4.78 is 1.58. The monoisotopic (exact) mass is 293 g/mol. The lowest BCUT2D eigenvalue weighted by Crippen LogP contribution is -2.24. The van der Waals surface area contributed by atoms with Gasteiger partial charge < -0.3 is 5.32 Å². The molecule has 20 heavy (non-hydrogen) atoms. The fraction of sp³-hybridized carbons (Fsp3) is 0.385. The number of hydrogen-bond donors (Lipinski definition) is 1. The Morgan fingerprint density at radius 3 is 2.80 bits per heavy atom. The number of tetrazole rings is 1. The van der Waals surface area contributed by atoms with Crippen molar-refractivity contribution in [2.75, 3.05) is 0 Å². The summed E-state index contributed by atoms with van der Waals surface area (Å²) in [7, 11) is 0. The molecule has 0 saturated carbocycles. The predicted molar refractivity (Wildman–Crippen MR) is 75.5 cm³/mol. The van der Waals surface area contributed by atoms with Crippen LogP contribution in [-0.4, -0.2) is 26.1 Å². The summed E-state index contributed by atoms with van der Waals surface area (Å²) in [5.41, 5.74) is 0.803. The van der Waals surface area contributed by atoms with Gasteiger partial charge in [-0.3, -0.25) is 4.79 Å². The number of nitrogens with one attached hydrogen (secondary N) is 1. The average Bonchev–Trinajstić information content (AvgIpc) is 2.92. The highest BCUT2D eigenvalue weighted by molar-refractivity contribution is 6.30. The third-order valence-electron chi connectivity index (χ3n) is 2.81. The lowest BCUT2D eigenvalue weighted by molar-refractivity contribution is -0.121. The summed E-state index contributed by atoms with van der Waals surface area (Å²) in [5, 5.41) is 14.9. The molecule has 0 bridgehead atoms. The first kappa shape index (κ1) is 14.5. The third-order valence-corrected chi connectivity index (χ3v) is 3.06. The lowest BCUT2D eigenvalue weighted by atomic mass is 10.2. The second-order valence-corrected chi connectivity index (χ2v) is 4.80. The molecule has 0 radical (unpaired) electrons. The highest BCUT2D eigenvalue weighted by Gasteiger charge is 2.09. The normalized spacial score (nSPS) is 10.5. The van der Waals surface area contributed by atoms with Crippen molar-refractivity contribution in [3.63, 3.8) is 0 Å². The summed E-state index contributed by atoms with van der Waals surface area (Å²) in [5.74, 6) is 0.592. The van der Waals surface area contributed by atoms with E-state index in [1.165, 1.54) is 0 Å². The molecule has 1 aromatic carbocycles. The Hall–Kier alpha value is -1.95. The van der Waals surface area contributed by atoms with Crippen molar-refractivity contribution in [3.05, 3.63) is 35.1 Å². The van der Waals surface area contributed by atoms with Gasteiger partial charge in [-0.1, -0.05) is 24.9 Å². The van der Waals surface area contributed by atoms with Crippen molar-refractivity contribution in [2.45, 2.75) is 32.7 Å². The smallest absolute Gasteiger partial charge is 0.220 e. The van der Waals surface area contributed by atoms with Crippen molar-refractivity contribution in [3.8, 4) is 5.69 Å². The number of halogens is 1. The van der Waals surface area contributed by atoms with E-state index in [0.717, 1.165) is 18.5 Å². The van der Waals surface area contributed by atoms with E-state index in [0.29, 0.717) is 23.8 Å². The zero-order chi connectivity index (χ0) is 14.4. The van der Waals surface area contributed by atoms with Crippen LogP contribution in [0.25, 0.3) is 5.69 Å². The summed E-state index contributed by atoms with van der Waals surface area (Å²) in [6.07, 6.45) is 2.41. The van der Waals surface area contributed by atoms with Crippen LogP contribution in [-0.2, 0) is 11.3 Å². The van der Waals surface area contributed by atoms with Crippen LogP contribution >= 0.6 is 11.6 Å². The van der Waals surface area contributed by atoms with E-state index in [1.807, 2.05) is 19.1 Å². The molecule has 1 N–H and O–H groups in total. The lowest BCUT2D eigenvalue weighted by Gasteiger charge is -2.06. The molecule has 7 heteroatoms. The first-order valence-electron chi connectivity index (χ1n) is 6.50. The number of nitrogens with zero attached hydrogens (tertiary/aromatic N) is 4. The molecule has 6 nitrogen and oxygen atoms in total. The molecule has 2 aromatic rings. The summed E-state index contributed by atoms with van der Waals surface area (Å²) in [4.78, 5) is 11.6. The summed E-state index contributed by atoms with van der Waals surface area (Å²) in [6.45, 7) is 2.35. The molecule has 0 spiro atoms. The van der Waals surface area contributed by atoms with Crippen LogP contribution < -0.4 is 5.32 Å². The number of unbranched alkanes of at least 4 members (excludes halogenated alkanes) is 1. The second kappa shape index (κ2) is 7.00. The molecule has 1 aromatic heterocycles. The minimum Gasteiger partial charge on any atom is -0.349 e. The van der Waals surface area contributed by atoms with E-state index in [9.17, 15) is 4.79 Å². The van der Waals surface area contributed by atoms with Crippen molar-refractivity contribution in [1.82, 2.24) is 25.5 Å². The SMILES string of the molecule is CCCCC(=O)NCc1nnnn1-c1ccc(Cl)cc1. The summed E-state index contributed by atoms with van der Waals surface area (Å²) in [6, 6.07) is 7.17. The molecule has 0 saturated heterocycles. The van der Waals surface area contributed by atoms with Gasteiger partial charge in [-0.25, -0.2) is 0 Å². The van der Waals surface area contributed by atoms with Gasteiger partial charge in [0.25, 0.3) is 0 Å². The maximum atomic E-state index is 11.6. The van der Waals surface area contributed by atoms with Crippen LogP contribution in [0.15, 0.2) is 24.3 Å². The highest BCUT2D eigenvalue weighted by Crippen LogP contribution is 2.13. The first-order valence-corrected chi connectivity index (χ1v) is 6.88. The Morgan fingerprint density at radius 1 is 1.35 bits per heavy atom. The topological polar surface area (TPSA) is 72.7 Å². The average molecular weight is 294 g/mol. The Balaban J connectivity index is 2.02. The van der Waals surface area contributed by atoms with E-state index >= 15 is 0 Å². The number of hydrogen-bond acceptors (Lipinski definition) is 4. The predicted octanol–water partition coefficient (Wildman–Crippen LogP) is 2.12. The van der Waals surface area contributed by atoms with Gasteiger partial charge in [-0.15, -0.1) is 5.10 Å². The molecular weight excluding hydrogens is 278 g/mol. The molecule has 0 aliphatic heterocycles. The van der Waals surface area contributed by atoms with Crippen molar-refractivity contribution in [2.24, 2.45) is 0 Å². The molecule has 2 rings (SSSR count). The van der Waals surface area contributed by atoms with Gasteiger partial charge in [0, 0.05) is 11.4 Å². The van der Waals surface area contributed by atoms with Gasteiger partial charge in [0.05, 0.1) is 12.2 Å². The zero-order valence-electron chi connectivity index (χ0n) is 11.2. The minimum absolute atomic E-state index is 0.0116. The van der Waals surface area contributed by atoms with Crippen LogP contribution in [0.5, 0.6) is 0 Å². The molecule has 0 aliphatic carbocycles. The largest absolute Gasteiger partial charge is 0.349 e. The number of aromatic nitrogens is 4. The van der Waals surface area contributed by atoms with Gasteiger partial charge in [-0.05, 0) is 41.1 Å². The van der Waals surface area contributed by atoms with E-state index in [1.54, 1.807) is 16.8 Å². The Labute approximate surface area is 122 Å². The fourth-order valence-electron chi connectivity index (χ4n) is 1.70. The van der Waals surface area contributed by atoms with Gasteiger partial charge in [-0.2, -0.15) is 4.68 Å². The number of amides is 1. The Morgan fingerprint density at radius 2 is 2.10 bits per heavy atom.